The molecule has 0 unspecified atom stereocenters. The smallest absolute Gasteiger partial charge is 0.244 e. The SMILES string of the molecule is Fc1ccc(-c2noc([C@H]3CCCN3)n2)cc1F. The van der Waals surface area contributed by atoms with Gasteiger partial charge in [0.2, 0.25) is 11.7 Å². The van der Waals surface area contributed by atoms with Crippen LogP contribution in [0.3, 0.4) is 0 Å². The Bertz CT molecular complexity index is 564. The Kier molecular flexibility index (Phi) is 2.79. The van der Waals surface area contributed by atoms with Gasteiger partial charge in [-0.05, 0) is 37.6 Å². The topological polar surface area (TPSA) is 51.0 Å². The molecule has 1 aromatic carbocycles. The van der Waals surface area contributed by atoms with Crippen molar-refractivity contribution in [1.29, 1.82) is 0 Å². The highest BCUT2D eigenvalue weighted by atomic mass is 19.2. The Balaban J connectivity index is 1.89. The molecule has 1 fully saturated rings. The van der Waals surface area contributed by atoms with Crippen LogP contribution in [0.15, 0.2) is 22.7 Å². The predicted octanol–water partition coefficient (Wildman–Crippen LogP) is 2.44. The van der Waals surface area contributed by atoms with Gasteiger partial charge < -0.3 is 9.84 Å². The molecule has 3 rings (SSSR count). The highest BCUT2D eigenvalue weighted by molar-refractivity contribution is 5.54. The maximum Gasteiger partial charge on any atom is 0.244 e. The van der Waals surface area contributed by atoms with Gasteiger partial charge in [-0.1, -0.05) is 5.16 Å². The van der Waals surface area contributed by atoms with E-state index in [0.29, 0.717) is 11.5 Å². The Labute approximate surface area is 102 Å². The van der Waals surface area contributed by atoms with Crippen molar-refractivity contribution in [3.05, 3.63) is 35.7 Å². The second-order valence-corrected chi connectivity index (χ2v) is 4.23. The van der Waals surface area contributed by atoms with E-state index in [1.807, 2.05) is 0 Å². The molecule has 2 aromatic rings. The van der Waals surface area contributed by atoms with Crippen LogP contribution in [-0.4, -0.2) is 16.7 Å². The number of hydrogen-bond acceptors (Lipinski definition) is 4. The van der Waals surface area contributed by atoms with Crippen LogP contribution in [-0.2, 0) is 0 Å². The summed E-state index contributed by atoms with van der Waals surface area (Å²) >= 11 is 0. The van der Waals surface area contributed by atoms with Crippen molar-refractivity contribution < 1.29 is 13.3 Å². The molecular weight excluding hydrogens is 240 g/mol. The molecule has 1 aliphatic rings. The molecule has 6 heteroatoms. The second-order valence-electron chi connectivity index (χ2n) is 4.23. The van der Waals surface area contributed by atoms with Crippen molar-refractivity contribution in [2.45, 2.75) is 18.9 Å². The molecular formula is C12H11F2N3O. The van der Waals surface area contributed by atoms with E-state index in [0.717, 1.165) is 31.5 Å². The number of aromatic nitrogens is 2. The Morgan fingerprint density at radius 2 is 2.17 bits per heavy atom. The van der Waals surface area contributed by atoms with E-state index in [2.05, 4.69) is 15.5 Å². The minimum Gasteiger partial charge on any atom is -0.337 e. The minimum absolute atomic E-state index is 0.0662. The summed E-state index contributed by atoms with van der Waals surface area (Å²) in [6.07, 6.45) is 2.01. The molecule has 1 aliphatic heterocycles. The lowest BCUT2D eigenvalue weighted by Gasteiger charge is -2.01. The summed E-state index contributed by atoms with van der Waals surface area (Å²) in [6, 6.07) is 3.60. The third-order valence-electron chi connectivity index (χ3n) is 2.98. The molecule has 0 spiro atoms. The van der Waals surface area contributed by atoms with Crippen LogP contribution in [0.2, 0.25) is 0 Å². The zero-order valence-electron chi connectivity index (χ0n) is 9.49. The van der Waals surface area contributed by atoms with Crippen molar-refractivity contribution in [1.82, 2.24) is 15.5 Å². The normalized spacial score (nSPS) is 19.3. The van der Waals surface area contributed by atoms with E-state index >= 15 is 0 Å². The van der Waals surface area contributed by atoms with Crippen molar-refractivity contribution in [3.63, 3.8) is 0 Å². The lowest BCUT2D eigenvalue weighted by atomic mass is 10.2. The zero-order valence-corrected chi connectivity index (χ0v) is 9.49. The first-order valence-electron chi connectivity index (χ1n) is 5.76. The maximum absolute atomic E-state index is 13.1. The van der Waals surface area contributed by atoms with Gasteiger partial charge in [0.05, 0.1) is 6.04 Å². The number of nitrogens with one attached hydrogen (secondary N) is 1. The van der Waals surface area contributed by atoms with Gasteiger partial charge in [-0.2, -0.15) is 4.98 Å². The number of benzene rings is 1. The highest BCUT2D eigenvalue weighted by Gasteiger charge is 2.22. The third kappa shape index (κ3) is 1.99. The van der Waals surface area contributed by atoms with Gasteiger partial charge in [-0.3, -0.25) is 0 Å². The fraction of sp³-hybridized carbons (Fsp3) is 0.333. The van der Waals surface area contributed by atoms with E-state index in [4.69, 9.17) is 4.52 Å². The van der Waals surface area contributed by atoms with Crippen molar-refractivity contribution in [2.75, 3.05) is 6.54 Å². The monoisotopic (exact) mass is 251 g/mol. The summed E-state index contributed by atoms with van der Waals surface area (Å²) in [5, 5.41) is 7.01. The molecule has 0 saturated carbocycles. The fourth-order valence-corrected chi connectivity index (χ4v) is 2.02. The van der Waals surface area contributed by atoms with Crippen LogP contribution in [0.25, 0.3) is 11.4 Å². The van der Waals surface area contributed by atoms with Gasteiger partial charge >= 0.3 is 0 Å². The molecule has 0 bridgehead atoms. The first kappa shape index (κ1) is 11.3. The van der Waals surface area contributed by atoms with E-state index in [-0.39, 0.29) is 11.9 Å². The number of hydrogen-bond donors (Lipinski definition) is 1. The summed E-state index contributed by atoms with van der Waals surface area (Å²) < 4.78 is 31.0. The van der Waals surface area contributed by atoms with Crippen molar-refractivity contribution in [3.8, 4) is 11.4 Å². The van der Waals surface area contributed by atoms with Crippen LogP contribution in [0, 0.1) is 11.6 Å². The van der Waals surface area contributed by atoms with Gasteiger partial charge in [0.25, 0.3) is 0 Å². The fourth-order valence-electron chi connectivity index (χ4n) is 2.02. The van der Waals surface area contributed by atoms with Crippen LogP contribution in [0.4, 0.5) is 8.78 Å². The quantitative estimate of drug-likeness (QED) is 0.890. The molecule has 1 atom stereocenters. The Morgan fingerprint density at radius 1 is 1.28 bits per heavy atom. The third-order valence-corrected chi connectivity index (χ3v) is 2.98. The minimum atomic E-state index is -0.919. The first-order chi connectivity index (χ1) is 8.74. The summed E-state index contributed by atoms with van der Waals surface area (Å²) in [4.78, 5) is 4.20. The number of rotatable bonds is 2. The lowest BCUT2D eigenvalue weighted by molar-refractivity contribution is 0.345. The van der Waals surface area contributed by atoms with Gasteiger partial charge in [0, 0.05) is 5.56 Å². The van der Waals surface area contributed by atoms with Crippen molar-refractivity contribution in [2.24, 2.45) is 0 Å². The number of nitrogens with zero attached hydrogens (tertiary/aromatic N) is 2. The molecule has 0 aliphatic carbocycles. The summed E-state index contributed by atoms with van der Waals surface area (Å²) in [7, 11) is 0. The molecule has 0 amide bonds. The Hall–Kier alpha value is -1.82. The molecule has 18 heavy (non-hydrogen) atoms. The average Bonchev–Trinajstić information content (AvgIpc) is 3.01. The maximum atomic E-state index is 13.1. The van der Waals surface area contributed by atoms with E-state index in [9.17, 15) is 8.78 Å². The molecule has 0 radical (unpaired) electrons. The first-order valence-corrected chi connectivity index (χ1v) is 5.76. The van der Waals surface area contributed by atoms with Crippen LogP contribution in [0.1, 0.15) is 24.8 Å². The molecule has 1 aromatic heterocycles. The van der Waals surface area contributed by atoms with E-state index < -0.39 is 11.6 Å². The summed E-state index contributed by atoms with van der Waals surface area (Å²) in [6.45, 7) is 0.924. The van der Waals surface area contributed by atoms with Gasteiger partial charge in [0.15, 0.2) is 11.6 Å². The molecule has 94 valence electrons. The number of halogens is 2. The summed E-state index contributed by atoms with van der Waals surface area (Å²) in [5.41, 5.74) is 0.405. The molecule has 1 N–H and O–H groups in total. The highest BCUT2D eigenvalue weighted by Crippen LogP contribution is 2.24. The van der Waals surface area contributed by atoms with Crippen LogP contribution in [0.5, 0.6) is 0 Å². The van der Waals surface area contributed by atoms with Crippen LogP contribution < -0.4 is 5.32 Å². The largest absolute Gasteiger partial charge is 0.337 e. The van der Waals surface area contributed by atoms with Gasteiger partial charge in [-0.15, -0.1) is 0 Å². The van der Waals surface area contributed by atoms with Crippen molar-refractivity contribution >= 4 is 0 Å². The second kappa shape index (κ2) is 4.45. The lowest BCUT2D eigenvalue weighted by Crippen LogP contribution is -2.12. The Morgan fingerprint density at radius 3 is 2.89 bits per heavy atom. The average molecular weight is 251 g/mol. The molecule has 1 saturated heterocycles. The van der Waals surface area contributed by atoms with Gasteiger partial charge in [0.1, 0.15) is 0 Å². The van der Waals surface area contributed by atoms with Crippen LogP contribution >= 0.6 is 0 Å². The van der Waals surface area contributed by atoms with E-state index in [1.165, 1.54) is 6.07 Å². The van der Waals surface area contributed by atoms with Gasteiger partial charge in [-0.25, -0.2) is 8.78 Å². The zero-order chi connectivity index (χ0) is 12.5. The standard InChI is InChI=1S/C12H11F2N3O/c13-8-4-3-7(6-9(8)14)11-16-12(18-17-11)10-2-1-5-15-10/h3-4,6,10,15H,1-2,5H2/t10-/m1/s1. The summed E-state index contributed by atoms with van der Waals surface area (Å²) in [5.74, 6) is -1.04. The predicted molar refractivity (Wildman–Crippen MR) is 59.6 cm³/mol. The van der Waals surface area contributed by atoms with E-state index in [1.54, 1.807) is 0 Å². The molecule has 4 nitrogen and oxygen atoms in total. The molecule has 2 heterocycles.